The number of nitrogens with zero attached hydrogens (tertiary/aromatic N) is 3. The van der Waals surface area contributed by atoms with E-state index in [-0.39, 0.29) is 5.28 Å². The zero-order chi connectivity index (χ0) is 18.8. The zero-order valence-electron chi connectivity index (χ0n) is 15.0. The summed E-state index contributed by atoms with van der Waals surface area (Å²) in [6.07, 6.45) is 2.08. The van der Waals surface area contributed by atoms with E-state index in [0.29, 0.717) is 6.04 Å². The SMILES string of the molecule is COc1cc2c(NC3CCN(c4ccccc4)CC3)nc(Cl)nc2cc1I. The van der Waals surface area contributed by atoms with Crippen molar-refractivity contribution in [3.63, 3.8) is 0 Å². The third-order valence-electron chi connectivity index (χ3n) is 4.90. The quantitative estimate of drug-likeness (QED) is 0.410. The van der Waals surface area contributed by atoms with Gasteiger partial charge in [0, 0.05) is 30.2 Å². The van der Waals surface area contributed by atoms with E-state index < -0.39 is 0 Å². The minimum absolute atomic E-state index is 0.257. The highest BCUT2D eigenvalue weighted by molar-refractivity contribution is 14.1. The van der Waals surface area contributed by atoms with Crippen LogP contribution in [0.3, 0.4) is 0 Å². The van der Waals surface area contributed by atoms with Gasteiger partial charge in [-0.25, -0.2) is 9.97 Å². The molecule has 0 spiro atoms. The van der Waals surface area contributed by atoms with Gasteiger partial charge in [0.1, 0.15) is 11.6 Å². The number of benzene rings is 2. The van der Waals surface area contributed by atoms with Crippen LogP contribution in [0, 0.1) is 3.57 Å². The van der Waals surface area contributed by atoms with Gasteiger partial charge in [-0.15, -0.1) is 0 Å². The molecule has 27 heavy (non-hydrogen) atoms. The highest BCUT2D eigenvalue weighted by Gasteiger charge is 2.21. The van der Waals surface area contributed by atoms with Crippen molar-refractivity contribution in [2.75, 3.05) is 30.4 Å². The Balaban J connectivity index is 1.54. The molecule has 0 saturated carbocycles. The summed E-state index contributed by atoms with van der Waals surface area (Å²) in [6, 6.07) is 14.9. The van der Waals surface area contributed by atoms with Crippen molar-refractivity contribution >= 4 is 56.6 Å². The maximum Gasteiger partial charge on any atom is 0.224 e. The fourth-order valence-electron chi connectivity index (χ4n) is 3.48. The molecule has 0 aliphatic carbocycles. The van der Waals surface area contributed by atoms with E-state index in [1.807, 2.05) is 12.1 Å². The van der Waals surface area contributed by atoms with Gasteiger partial charge in [-0.1, -0.05) is 18.2 Å². The van der Waals surface area contributed by atoms with Crippen LogP contribution < -0.4 is 15.0 Å². The number of aromatic nitrogens is 2. The standard InChI is InChI=1S/C20H20ClIN4O/c1-27-18-11-15-17(12-16(18)22)24-20(21)25-19(15)23-13-7-9-26(10-8-13)14-5-3-2-4-6-14/h2-6,11-13H,7-10H2,1H3,(H,23,24,25). The van der Waals surface area contributed by atoms with E-state index in [1.54, 1.807) is 7.11 Å². The molecule has 0 amide bonds. The van der Waals surface area contributed by atoms with Gasteiger partial charge in [-0.05, 0) is 71.3 Å². The topological polar surface area (TPSA) is 50.3 Å². The lowest BCUT2D eigenvalue weighted by Gasteiger charge is -2.34. The predicted molar refractivity (Wildman–Crippen MR) is 119 cm³/mol. The molecular formula is C20H20ClIN4O. The molecule has 0 radical (unpaired) electrons. The average Bonchev–Trinajstić information content (AvgIpc) is 2.68. The summed E-state index contributed by atoms with van der Waals surface area (Å²) in [7, 11) is 1.67. The van der Waals surface area contributed by atoms with Gasteiger partial charge in [0.25, 0.3) is 0 Å². The third kappa shape index (κ3) is 4.06. The summed E-state index contributed by atoms with van der Waals surface area (Å²) in [5.41, 5.74) is 2.11. The second-order valence-electron chi connectivity index (χ2n) is 6.59. The van der Waals surface area contributed by atoms with Crippen LogP contribution in [0.1, 0.15) is 12.8 Å². The number of rotatable bonds is 4. The molecule has 1 saturated heterocycles. The number of hydrogen-bond donors (Lipinski definition) is 1. The van der Waals surface area contributed by atoms with E-state index in [0.717, 1.165) is 52.0 Å². The molecule has 3 aromatic rings. The highest BCUT2D eigenvalue weighted by atomic mass is 127. The number of para-hydroxylation sites is 1. The van der Waals surface area contributed by atoms with Gasteiger partial charge >= 0.3 is 0 Å². The van der Waals surface area contributed by atoms with Gasteiger partial charge in [0.15, 0.2) is 0 Å². The summed E-state index contributed by atoms with van der Waals surface area (Å²) in [4.78, 5) is 11.2. The summed E-state index contributed by atoms with van der Waals surface area (Å²) in [6.45, 7) is 2.03. The van der Waals surface area contributed by atoms with Crippen LogP contribution in [0.5, 0.6) is 5.75 Å². The van der Waals surface area contributed by atoms with E-state index in [2.05, 4.69) is 73.1 Å². The second-order valence-corrected chi connectivity index (χ2v) is 8.09. The van der Waals surface area contributed by atoms with Crippen molar-refractivity contribution in [2.24, 2.45) is 0 Å². The van der Waals surface area contributed by atoms with Crippen molar-refractivity contribution in [1.29, 1.82) is 0 Å². The van der Waals surface area contributed by atoms with E-state index >= 15 is 0 Å². The first-order valence-corrected chi connectivity index (χ1v) is 10.4. The Morgan fingerprint density at radius 2 is 1.89 bits per heavy atom. The van der Waals surface area contributed by atoms with Crippen molar-refractivity contribution in [3.8, 4) is 5.75 Å². The number of nitrogens with one attached hydrogen (secondary N) is 1. The number of ether oxygens (including phenoxy) is 1. The van der Waals surface area contributed by atoms with E-state index in [4.69, 9.17) is 16.3 Å². The lowest BCUT2D eigenvalue weighted by atomic mass is 10.0. The Kier molecular flexibility index (Phi) is 5.54. The predicted octanol–water partition coefficient (Wildman–Crippen LogP) is 4.98. The monoisotopic (exact) mass is 494 g/mol. The van der Waals surface area contributed by atoms with Crippen LogP contribution in [-0.4, -0.2) is 36.2 Å². The zero-order valence-corrected chi connectivity index (χ0v) is 17.9. The molecule has 0 unspecified atom stereocenters. The van der Waals surface area contributed by atoms with Crippen molar-refractivity contribution < 1.29 is 4.74 Å². The molecule has 0 atom stereocenters. The van der Waals surface area contributed by atoms with Crippen LogP contribution in [0.15, 0.2) is 42.5 Å². The lowest BCUT2D eigenvalue weighted by molar-refractivity contribution is 0.412. The largest absolute Gasteiger partial charge is 0.496 e. The molecule has 1 aromatic heterocycles. The van der Waals surface area contributed by atoms with E-state index in [9.17, 15) is 0 Å². The van der Waals surface area contributed by atoms with Crippen LogP contribution in [0.4, 0.5) is 11.5 Å². The molecule has 1 aliphatic rings. The summed E-state index contributed by atoms with van der Waals surface area (Å²) in [5.74, 6) is 1.59. The molecule has 4 rings (SSSR count). The van der Waals surface area contributed by atoms with Crippen LogP contribution in [0.2, 0.25) is 5.28 Å². The van der Waals surface area contributed by atoms with Crippen molar-refractivity contribution in [3.05, 3.63) is 51.3 Å². The maximum atomic E-state index is 6.17. The highest BCUT2D eigenvalue weighted by Crippen LogP contribution is 2.32. The van der Waals surface area contributed by atoms with Gasteiger partial charge in [-0.3, -0.25) is 0 Å². The number of hydrogen-bond acceptors (Lipinski definition) is 5. The lowest BCUT2D eigenvalue weighted by Crippen LogP contribution is -2.39. The molecule has 2 heterocycles. The normalized spacial score (nSPS) is 15.1. The number of anilines is 2. The first kappa shape index (κ1) is 18.6. The Morgan fingerprint density at radius 1 is 1.15 bits per heavy atom. The minimum atomic E-state index is 0.257. The second kappa shape index (κ2) is 8.06. The molecule has 0 bridgehead atoms. The van der Waals surface area contributed by atoms with Gasteiger partial charge < -0.3 is 15.0 Å². The molecule has 2 aromatic carbocycles. The molecule has 5 nitrogen and oxygen atoms in total. The molecule has 1 N–H and O–H groups in total. The van der Waals surface area contributed by atoms with Gasteiger partial charge in [-0.2, -0.15) is 0 Å². The van der Waals surface area contributed by atoms with Gasteiger partial charge in [0.05, 0.1) is 16.2 Å². The molecule has 1 fully saturated rings. The Bertz CT molecular complexity index is 946. The number of halogens is 2. The first-order valence-electron chi connectivity index (χ1n) is 8.91. The van der Waals surface area contributed by atoms with Crippen molar-refractivity contribution in [1.82, 2.24) is 9.97 Å². The molecule has 140 valence electrons. The fraction of sp³-hybridized carbons (Fsp3) is 0.300. The number of methoxy groups -OCH3 is 1. The van der Waals surface area contributed by atoms with Crippen LogP contribution in [-0.2, 0) is 0 Å². The fourth-order valence-corrected chi connectivity index (χ4v) is 4.33. The third-order valence-corrected chi connectivity index (χ3v) is 5.91. The smallest absolute Gasteiger partial charge is 0.224 e. The molecular weight excluding hydrogens is 475 g/mol. The Morgan fingerprint density at radius 3 is 2.59 bits per heavy atom. The van der Waals surface area contributed by atoms with Crippen molar-refractivity contribution in [2.45, 2.75) is 18.9 Å². The maximum absolute atomic E-state index is 6.17. The molecule has 7 heteroatoms. The Labute approximate surface area is 177 Å². The Hall–Kier alpha value is -1.80. The van der Waals surface area contributed by atoms with Gasteiger partial charge in [0.2, 0.25) is 5.28 Å². The minimum Gasteiger partial charge on any atom is -0.496 e. The molecule has 1 aliphatic heterocycles. The summed E-state index contributed by atoms with van der Waals surface area (Å²) >= 11 is 8.41. The van der Waals surface area contributed by atoms with Crippen LogP contribution >= 0.6 is 34.2 Å². The summed E-state index contributed by atoms with van der Waals surface area (Å²) < 4.78 is 6.46. The first-order chi connectivity index (χ1) is 13.1. The van der Waals surface area contributed by atoms with E-state index in [1.165, 1.54) is 5.69 Å². The summed E-state index contributed by atoms with van der Waals surface area (Å²) in [5, 5.41) is 4.78. The average molecular weight is 495 g/mol. The number of piperidine rings is 1. The van der Waals surface area contributed by atoms with Crippen LogP contribution in [0.25, 0.3) is 10.9 Å². The number of fused-ring (bicyclic) bond motifs is 1.